The number of nitrogens with zero attached hydrogens (tertiary/aromatic N) is 1. The third-order valence-electron chi connectivity index (χ3n) is 4.89. The van der Waals surface area contributed by atoms with Crippen molar-refractivity contribution >= 4 is 11.0 Å². The Bertz CT molecular complexity index is 970. The first-order chi connectivity index (χ1) is 12.1. The van der Waals surface area contributed by atoms with E-state index in [1.807, 2.05) is 0 Å². The number of fused-ring (bicyclic) bond motifs is 1. The van der Waals surface area contributed by atoms with Crippen molar-refractivity contribution in [3.8, 4) is 0 Å². The van der Waals surface area contributed by atoms with Crippen LogP contribution in [0.4, 0.5) is 8.78 Å². The summed E-state index contributed by atoms with van der Waals surface area (Å²) in [5.41, 5.74) is 2.43. The molecule has 6 heteroatoms. The number of nitrogens with one attached hydrogen (secondary N) is 2. The van der Waals surface area contributed by atoms with Crippen molar-refractivity contribution in [3.05, 3.63) is 69.6 Å². The Morgan fingerprint density at radius 1 is 1.08 bits per heavy atom. The molecule has 3 aromatic rings. The van der Waals surface area contributed by atoms with E-state index in [0.29, 0.717) is 16.6 Å². The summed E-state index contributed by atoms with van der Waals surface area (Å²) in [6.07, 6.45) is 1.82. The second-order valence-electron chi connectivity index (χ2n) is 6.56. The van der Waals surface area contributed by atoms with Crippen LogP contribution in [0.3, 0.4) is 0 Å². The molecule has 0 unspecified atom stereocenters. The van der Waals surface area contributed by atoms with Gasteiger partial charge in [0.15, 0.2) is 0 Å². The van der Waals surface area contributed by atoms with E-state index in [2.05, 4.69) is 10.3 Å². The molecule has 1 aromatic heterocycles. The molecular formula is C19H19F2N3O. The van der Waals surface area contributed by atoms with Gasteiger partial charge in [-0.25, -0.2) is 13.6 Å². The maximum absolute atomic E-state index is 14.2. The summed E-state index contributed by atoms with van der Waals surface area (Å²) in [6.45, 7) is 1.97. The Morgan fingerprint density at radius 2 is 1.88 bits per heavy atom. The largest absolute Gasteiger partial charge is 0.326 e. The smallest absolute Gasteiger partial charge is 0.317 e. The highest BCUT2D eigenvalue weighted by Crippen LogP contribution is 2.31. The number of benzene rings is 2. The molecule has 0 radical (unpaired) electrons. The number of hydrogen-bond donors (Lipinski definition) is 2. The van der Waals surface area contributed by atoms with Crippen molar-refractivity contribution in [2.45, 2.75) is 25.3 Å². The van der Waals surface area contributed by atoms with Gasteiger partial charge in [-0.15, -0.1) is 0 Å². The van der Waals surface area contributed by atoms with Crippen molar-refractivity contribution in [1.82, 2.24) is 14.9 Å². The fourth-order valence-corrected chi connectivity index (χ4v) is 3.68. The van der Waals surface area contributed by atoms with Crippen molar-refractivity contribution in [2.75, 3.05) is 13.1 Å². The molecule has 0 atom stereocenters. The number of piperidine rings is 1. The van der Waals surface area contributed by atoms with Gasteiger partial charge in [-0.05, 0) is 67.2 Å². The topological polar surface area (TPSA) is 49.8 Å². The van der Waals surface area contributed by atoms with Crippen LogP contribution in [0, 0.1) is 11.6 Å². The Balaban J connectivity index is 1.81. The molecule has 0 spiro atoms. The zero-order valence-corrected chi connectivity index (χ0v) is 13.7. The highest BCUT2D eigenvalue weighted by molar-refractivity contribution is 5.80. The maximum Gasteiger partial charge on any atom is 0.326 e. The Labute approximate surface area is 143 Å². The van der Waals surface area contributed by atoms with Crippen LogP contribution >= 0.6 is 0 Å². The van der Waals surface area contributed by atoms with Gasteiger partial charge in [-0.1, -0.05) is 12.1 Å². The minimum Gasteiger partial charge on any atom is -0.317 e. The molecule has 0 amide bonds. The average Bonchev–Trinajstić information content (AvgIpc) is 2.91. The summed E-state index contributed by atoms with van der Waals surface area (Å²) < 4.78 is 29.1. The summed E-state index contributed by atoms with van der Waals surface area (Å²) in [6, 6.07) is 9.00. The molecule has 1 saturated heterocycles. The van der Waals surface area contributed by atoms with E-state index in [1.54, 1.807) is 12.1 Å². The third-order valence-corrected chi connectivity index (χ3v) is 4.89. The van der Waals surface area contributed by atoms with Gasteiger partial charge in [0, 0.05) is 0 Å². The van der Waals surface area contributed by atoms with Gasteiger partial charge in [0.2, 0.25) is 0 Å². The van der Waals surface area contributed by atoms with Crippen molar-refractivity contribution in [1.29, 1.82) is 0 Å². The van der Waals surface area contributed by atoms with E-state index in [9.17, 15) is 13.6 Å². The first kappa shape index (κ1) is 16.0. The first-order valence-corrected chi connectivity index (χ1v) is 8.49. The molecular weight excluding hydrogens is 324 g/mol. The standard InChI is InChI=1S/C19H19F2N3O/c20-14-3-1-2-12(8-14)11-24-17-10-15(21)9-16(18(17)23-19(24)25)13-4-6-22-7-5-13/h1-3,8-10,13,22H,4-7,11H2,(H,23,25). The number of hydrogen-bond acceptors (Lipinski definition) is 2. The third kappa shape index (κ3) is 3.09. The van der Waals surface area contributed by atoms with Gasteiger partial charge in [0.25, 0.3) is 0 Å². The molecule has 2 aromatic carbocycles. The molecule has 1 aliphatic heterocycles. The number of halogens is 2. The SMILES string of the molecule is O=c1[nH]c2c(C3CCNCC3)cc(F)cc2n1Cc1cccc(F)c1. The first-order valence-electron chi connectivity index (χ1n) is 8.49. The molecule has 0 aliphatic carbocycles. The molecule has 0 saturated carbocycles. The molecule has 0 bridgehead atoms. The monoisotopic (exact) mass is 343 g/mol. The van der Waals surface area contributed by atoms with Crippen molar-refractivity contribution in [3.63, 3.8) is 0 Å². The average molecular weight is 343 g/mol. The summed E-state index contributed by atoms with van der Waals surface area (Å²) in [4.78, 5) is 15.3. The highest BCUT2D eigenvalue weighted by Gasteiger charge is 2.21. The Morgan fingerprint density at radius 3 is 2.64 bits per heavy atom. The van der Waals surface area contributed by atoms with Gasteiger partial charge in [0.1, 0.15) is 11.6 Å². The lowest BCUT2D eigenvalue weighted by Crippen LogP contribution is -2.26. The second kappa shape index (κ2) is 6.44. The fraction of sp³-hybridized carbons (Fsp3) is 0.316. The molecule has 25 heavy (non-hydrogen) atoms. The molecule has 2 N–H and O–H groups in total. The van der Waals surface area contributed by atoms with E-state index in [4.69, 9.17) is 0 Å². The minimum absolute atomic E-state index is 0.200. The second-order valence-corrected chi connectivity index (χ2v) is 6.56. The highest BCUT2D eigenvalue weighted by atomic mass is 19.1. The number of H-pyrrole nitrogens is 1. The van der Waals surface area contributed by atoms with Crippen LogP contribution in [0.25, 0.3) is 11.0 Å². The van der Waals surface area contributed by atoms with Crippen molar-refractivity contribution < 1.29 is 8.78 Å². The Kier molecular flexibility index (Phi) is 4.13. The van der Waals surface area contributed by atoms with Gasteiger partial charge >= 0.3 is 5.69 Å². The Hall–Kier alpha value is -2.47. The summed E-state index contributed by atoms with van der Waals surface area (Å²) in [5, 5.41) is 3.30. The molecule has 4 nitrogen and oxygen atoms in total. The molecule has 1 aliphatic rings. The van der Waals surface area contributed by atoms with E-state index in [-0.39, 0.29) is 29.8 Å². The molecule has 4 rings (SSSR count). The lowest BCUT2D eigenvalue weighted by atomic mass is 9.89. The number of aromatic nitrogens is 2. The number of imidazole rings is 1. The summed E-state index contributed by atoms with van der Waals surface area (Å²) >= 11 is 0. The maximum atomic E-state index is 14.2. The zero-order chi connectivity index (χ0) is 17.4. The molecule has 1 fully saturated rings. The van der Waals surface area contributed by atoms with Crippen LogP contribution in [0.5, 0.6) is 0 Å². The minimum atomic E-state index is -0.355. The van der Waals surface area contributed by atoms with Crippen LogP contribution in [0.2, 0.25) is 0 Å². The lowest BCUT2D eigenvalue weighted by Gasteiger charge is -2.23. The summed E-state index contributed by atoms with van der Waals surface area (Å²) in [7, 11) is 0. The van der Waals surface area contributed by atoms with E-state index in [1.165, 1.54) is 28.8 Å². The molecule has 2 heterocycles. The lowest BCUT2D eigenvalue weighted by molar-refractivity contribution is 0.460. The quantitative estimate of drug-likeness (QED) is 0.768. The van der Waals surface area contributed by atoms with Gasteiger partial charge in [-0.2, -0.15) is 0 Å². The predicted molar refractivity (Wildman–Crippen MR) is 92.9 cm³/mol. The molecule has 130 valence electrons. The van der Waals surface area contributed by atoms with E-state index >= 15 is 0 Å². The normalized spacial score (nSPS) is 15.8. The fourth-order valence-electron chi connectivity index (χ4n) is 3.68. The van der Waals surface area contributed by atoms with Crippen LogP contribution in [-0.2, 0) is 6.54 Å². The van der Waals surface area contributed by atoms with Crippen molar-refractivity contribution in [2.24, 2.45) is 0 Å². The predicted octanol–water partition coefficient (Wildman–Crippen LogP) is 3.12. The van der Waals surface area contributed by atoms with E-state index < -0.39 is 0 Å². The number of rotatable bonds is 3. The number of aromatic amines is 1. The van der Waals surface area contributed by atoms with Gasteiger partial charge in [-0.3, -0.25) is 4.57 Å². The van der Waals surface area contributed by atoms with E-state index in [0.717, 1.165) is 31.5 Å². The summed E-state index contributed by atoms with van der Waals surface area (Å²) in [5.74, 6) is -0.486. The van der Waals surface area contributed by atoms with Gasteiger partial charge < -0.3 is 10.3 Å². The van der Waals surface area contributed by atoms with Crippen LogP contribution < -0.4 is 11.0 Å². The van der Waals surface area contributed by atoms with Gasteiger partial charge in [0.05, 0.1) is 17.6 Å². The van der Waals surface area contributed by atoms with Crippen LogP contribution in [-0.4, -0.2) is 22.6 Å². The van der Waals surface area contributed by atoms with Crippen LogP contribution in [0.1, 0.15) is 29.9 Å². The van der Waals surface area contributed by atoms with Crippen LogP contribution in [0.15, 0.2) is 41.2 Å². The zero-order valence-electron chi connectivity index (χ0n) is 13.7.